The molecule has 0 aliphatic rings. The Morgan fingerprint density at radius 2 is 2.21 bits per heavy atom. The molecular weight excluding hydrogens is 270 g/mol. The van der Waals surface area contributed by atoms with Gasteiger partial charge in [-0.05, 0) is 12.1 Å². The second kappa shape index (κ2) is 6.70. The van der Waals surface area contributed by atoms with Crippen LogP contribution in [0.3, 0.4) is 0 Å². The van der Waals surface area contributed by atoms with Gasteiger partial charge in [0.2, 0.25) is 0 Å². The van der Waals surface area contributed by atoms with Crippen LogP contribution in [0, 0.1) is 11.6 Å². The van der Waals surface area contributed by atoms with Gasteiger partial charge in [0.05, 0.1) is 12.3 Å². The number of aromatic nitrogens is 1. The van der Waals surface area contributed by atoms with Crippen molar-refractivity contribution < 1.29 is 13.5 Å². The molecule has 0 saturated carbocycles. The van der Waals surface area contributed by atoms with Crippen molar-refractivity contribution in [1.29, 1.82) is 0 Å². The van der Waals surface area contributed by atoms with Gasteiger partial charge >= 0.3 is 0 Å². The summed E-state index contributed by atoms with van der Waals surface area (Å²) in [6, 6.07) is 3.50. The topological polar surface area (TPSA) is 34.1 Å². The number of methoxy groups -OCH3 is 1. The smallest absolute Gasteiger partial charge is 0.135 e. The predicted octanol–water partition coefficient (Wildman–Crippen LogP) is 2.82. The molecule has 1 heterocycles. The molecule has 0 aliphatic carbocycles. The van der Waals surface area contributed by atoms with Crippen LogP contribution in [-0.2, 0) is 11.3 Å². The second-order valence-corrected chi connectivity index (χ2v) is 4.86. The second-order valence-electron chi connectivity index (χ2n) is 3.92. The monoisotopic (exact) mass is 284 g/mol. The van der Waals surface area contributed by atoms with E-state index >= 15 is 0 Å². The summed E-state index contributed by atoms with van der Waals surface area (Å²) in [7, 11) is 1.64. The fraction of sp³-hybridized carbons (Fsp3) is 0.308. The van der Waals surface area contributed by atoms with Gasteiger partial charge in [0.15, 0.2) is 0 Å². The highest BCUT2D eigenvalue weighted by atomic mass is 32.1. The van der Waals surface area contributed by atoms with Crippen LogP contribution in [0.1, 0.15) is 5.01 Å². The average Bonchev–Trinajstić information content (AvgIpc) is 2.83. The highest BCUT2D eigenvalue weighted by molar-refractivity contribution is 7.09. The summed E-state index contributed by atoms with van der Waals surface area (Å²) in [6.07, 6.45) is 0. The predicted molar refractivity (Wildman–Crippen MR) is 71.0 cm³/mol. The third kappa shape index (κ3) is 3.79. The first kappa shape index (κ1) is 14.0. The minimum Gasteiger partial charge on any atom is -0.383 e. The van der Waals surface area contributed by atoms with Gasteiger partial charge in [0.1, 0.15) is 16.6 Å². The van der Waals surface area contributed by atoms with Crippen LogP contribution >= 0.6 is 11.3 Å². The fourth-order valence-electron chi connectivity index (χ4n) is 1.58. The standard InChI is InChI=1S/C13H14F2N2OS/c1-18-5-4-16-7-13-17-12(8-19-13)10-3-2-9(14)6-11(10)15/h2-3,6,8,16H,4-5,7H2,1H3. The minimum absolute atomic E-state index is 0.320. The summed E-state index contributed by atoms with van der Waals surface area (Å²) in [5, 5.41) is 5.78. The van der Waals surface area contributed by atoms with Crippen molar-refractivity contribution in [3.8, 4) is 11.3 Å². The van der Waals surface area contributed by atoms with Crippen molar-refractivity contribution in [3.05, 3.63) is 40.2 Å². The van der Waals surface area contributed by atoms with Crippen LogP contribution in [0.15, 0.2) is 23.6 Å². The maximum Gasteiger partial charge on any atom is 0.135 e. The van der Waals surface area contributed by atoms with E-state index < -0.39 is 11.6 Å². The highest BCUT2D eigenvalue weighted by Gasteiger charge is 2.10. The highest BCUT2D eigenvalue weighted by Crippen LogP contribution is 2.25. The summed E-state index contributed by atoms with van der Waals surface area (Å²) >= 11 is 1.44. The Morgan fingerprint density at radius 1 is 1.37 bits per heavy atom. The van der Waals surface area contributed by atoms with Crippen LogP contribution in [0.4, 0.5) is 8.78 Å². The van der Waals surface area contributed by atoms with Crippen molar-refractivity contribution >= 4 is 11.3 Å². The van der Waals surface area contributed by atoms with Crippen molar-refractivity contribution in [1.82, 2.24) is 10.3 Å². The quantitative estimate of drug-likeness (QED) is 0.828. The van der Waals surface area contributed by atoms with Gasteiger partial charge in [0, 0.05) is 37.2 Å². The third-order valence-corrected chi connectivity index (χ3v) is 3.37. The summed E-state index contributed by atoms with van der Waals surface area (Å²) in [4.78, 5) is 4.32. The molecule has 0 amide bonds. The zero-order valence-corrected chi connectivity index (χ0v) is 11.3. The number of ether oxygens (including phenoxy) is 1. The molecule has 0 spiro atoms. The minimum atomic E-state index is -0.593. The molecule has 102 valence electrons. The van der Waals surface area contributed by atoms with Gasteiger partial charge in [-0.2, -0.15) is 0 Å². The number of hydrogen-bond acceptors (Lipinski definition) is 4. The van der Waals surface area contributed by atoms with Crippen LogP contribution in [-0.4, -0.2) is 25.2 Å². The Bertz CT molecular complexity index is 545. The van der Waals surface area contributed by atoms with Crippen LogP contribution in [0.25, 0.3) is 11.3 Å². The summed E-state index contributed by atoms with van der Waals surface area (Å²) in [6.45, 7) is 1.97. The Hall–Kier alpha value is -1.37. The molecule has 0 bridgehead atoms. The first-order chi connectivity index (χ1) is 9.20. The lowest BCUT2D eigenvalue weighted by atomic mass is 10.1. The van der Waals surface area contributed by atoms with E-state index in [0.29, 0.717) is 24.4 Å². The molecule has 1 aromatic heterocycles. The number of benzene rings is 1. The van der Waals surface area contributed by atoms with Crippen LogP contribution in [0.5, 0.6) is 0 Å². The molecule has 6 heteroatoms. The molecule has 1 aromatic carbocycles. The lowest BCUT2D eigenvalue weighted by molar-refractivity contribution is 0.199. The zero-order chi connectivity index (χ0) is 13.7. The van der Waals surface area contributed by atoms with Crippen molar-refractivity contribution in [2.45, 2.75) is 6.54 Å². The van der Waals surface area contributed by atoms with E-state index in [4.69, 9.17) is 4.74 Å². The maximum atomic E-state index is 13.6. The molecule has 0 radical (unpaired) electrons. The number of halogens is 2. The molecule has 0 atom stereocenters. The van der Waals surface area contributed by atoms with E-state index in [1.54, 1.807) is 12.5 Å². The Labute approximate surface area is 114 Å². The Morgan fingerprint density at radius 3 is 2.95 bits per heavy atom. The normalized spacial score (nSPS) is 10.9. The van der Waals surface area contributed by atoms with E-state index in [2.05, 4.69) is 10.3 Å². The first-order valence-electron chi connectivity index (χ1n) is 5.80. The van der Waals surface area contributed by atoms with Gasteiger partial charge < -0.3 is 10.1 Å². The largest absolute Gasteiger partial charge is 0.383 e. The zero-order valence-electron chi connectivity index (χ0n) is 10.5. The number of hydrogen-bond donors (Lipinski definition) is 1. The molecule has 0 fully saturated rings. The Balaban J connectivity index is 2.04. The van der Waals surface area contributed by atoms with Gasteiger partial charge in [0.25, 0.3) is 0 Å². The molecule has 0 unspecified atom stereocenters. The molecule has 0 saturated heterocycles. The van der Waals surface area contributed by atoms with Crippen molar-refractivity contribution in [3.63, 3.8) is 0 Å². The first-order valence-corrected chi connectivity index (χ1v) is 6.68. The molecular formula is C13H14F2N2OS. The van der Waals surface area contributed by atoms with E-state index in [-0.39, 0.29) is 0 Å². The fourth-order valence-corrected chi connectivity index (χ4v) is 2.35. The van der Waals surface area contributed by atoms with Gasteiger partial charge in [-0.3, -0.25) is 0 Å². The van der Waals surface area contributed by atoms with E-state index in [0.717, 1.165) is 17.6 Å². The van der Waals surface area contributed by atoms with Gasteiger partial charge in [-0.15, -0.1) is 11.3 Å². The summed E-state index contributed by atoms with van der Waals surface area (Å²) in [5.41, 5.74) is 0.854. The molecule has 3 nitrogen and oxygen atoms in total. The SMILES string of the molecule is COCCNCc1nc(-c2ccc(F)cc2F)cs1. The lowest BCUT2D eigenvalue weighted by Gasteiger charge is -2.01. The molecule has 19 heavy (non-hydrogen) atoms. The van der Waals surface area contributed by atoms with Gasteiger partial charge in [-0.1, -0.05) is 0 Å². The summed E-state index contributed by atoms with van der Waals surface area (Å²) in [5.74, 6) is -1.18. The van der Waals surface area contributed by atoms with E-state index in [1.807, 2.05) is 0 Å². The molecule has 1 N–H and O–H groups in total. The Kier molecular flexibility index (Phi) is 4.95. The number of rotatable bonds is 6. The summed E-state index contributed by atoms with van der Waals surface area (Å²) < 4.78 is 31.3. The molecule has 2 rings (SSSR count). The molecule has 0 aliphatic heterocycles. The number of thiazole rings is 1. The average molecular weight is 284 g/mol. The van der Waals surface area contributed by atoms with Crippen molar-refractivity contribution in [2.75, 3.05) is 20.3 Å². The van der Waals surface area contributed by atoms with Crippen LogP contribution < -0.4 is 5.32 Å². The number of nitrogens with zero attached hydrogens (tertiary/aromatic N) is 1. The maximum absolute atomic E-state index is 13.6. The lowest BCUT2D eigenvalue weighted by Crippen LogP contribution is -2.18. The third-order valence-electron chi connectivity index (χ3n) is 2.52. The number of nitrogens with one attached hydrogen (secondary N) is 1. The van der Waals surface area contributed by atoms with E-state index in [9.17, 15) is 8.78 Å². The van der Waals surface area contributed by atoms with Crippen molar-refractivity contribution in [2.24, 2.45) is 0 Å². The molecule has 2 aromatic rings. The van der Waals surface area contributed by atoms with Crippen LogP contribution in [0.2, 0.25) is 0 Å². The van der Waals surface area contributed by atoms with E-state index in [1.165, 1.54) is 23.5 Å². The van der Waals surface area contributed by atoms with Gasteiger partial charge in [-0.25, -0.2) is 13.8 Å².